The molecule has 0 bridgehead atoms. The maximum absolute atomic E-state index is 10.7. The smallest absolute Gasteiger partial charge is 0.338 e. The van der Waals surface area contributed by atoms with Gasteiger partial charge >= 0.3 is 6.03 Å². The molecule has 0 fully saturated rings. The van der Waals surface area contributed by atoms with Crippen LogP contribution >= 0.6 is 11.3 Å². The lowest BCUT2D eigenvalue weighted by Gasteiger charge is -2.10. The van der Waals surface area contributed by atoms with E-state index < -0.39 is 6.03 Å². The number of primary amides is 1. The monoisotopic (exact) mass is 288 g/mol. The van der Waals surface area contributed by atoms with E-state index in [4.69, 9.17) is 5.73 Å². The molecular formula is C15H16N2O2S. The van der Waals surface area contributed by atoms with Gasteiger partial charge < -0.3 is 5.73 Å². The highest BCUT2D eigenvalue weighted by Gasteiger charge is 2.06. The molecule has 104 valence electrons. The Kier molecular flexibility index (Phi) is 4.92. The van der Waals surface area contributed by atoms with E-state index in [-0.39, 0.29) is 6.54 Å². The molecule has 2 rings (SSSR count). The first-order valence-electron chi connectivity index (χ1n) is 6.23. The first-order chi connectivity index (χ1) is 9.65. The molecule has 2 aromatic rings. The standard InChI is InChI=1S/C15H16N2O2S/c16-15(18)17(19)11-10-14-9-8-13(20-14)7-6-12-4-2-1-3-5-12/h1-9,19H,10-11H2,(H2,16,18). The summed E-state index contributed by atoms with van der Waals surface area (Å²) in [6.45, 7) is 0.206. The summed E-state index contributed by atoms with van der Waals surface area (Å²) in [6, 6.07) is 13.3. The van der Waals surface area contributed by atoms with Crippen molar-refractivity contribution in [2.45, 2.75) is 6.42 Å². The molecule has 0 aliphatic heterocycles. The largest absolute Gasteiger partial charge is 0.350 e. The van der Waals surface area contributed by atoms with Crippen molar-refractivity contribution in [1.29, 1.82) is 0 Å². The van der Waals surface area contributed by atoms with Crippen LogP contribution in [-0.2, 0) is 6.42 Å². The van der Waals surface area contributed by atoms with Crippen molar-refractivity contribution < 1.29 is 10.0 Å². The van der Waals surface area contributed by atoms with Crippen LogP contribution in [0.4, 0.5) is 4.79 Å². The summed E-state index contributed by atoms with van der Waals surface area (Å²) >= 11 is 1.63. The Balaban J connectivity index is 1.92. The van der Waals surface area contributed by atoms with Gasteiger partial charge in [-0.2, -0.15) is 0 Å². The van der Waals surface area contributed by atoms with Crippen molar-refractivity contribution in [3.8, 4) is 0 Å². The molecule has 0 aliphatic carbocycles. The third-order valence-corrected chi connectivity index (χ3v) is 3.86. The van der Waals surface area contributed by atoms with E-state index >= 15 is 0 Å². The van der Waals surface area contributed by atoms with Gasteiger partial charge in [0.1, 0.15) is 0 Å². The number of thiophene rings is 1. The van der Waals surface area contributed by atoms with Crippen LogP contribution in [0.3, 0.4) is 0 Å². The predicted molar refractivity (Wildman–Crippen MR) is 81.5 cm³/mol. The average molecular weight is 288 g/mol. The molecule has 1 heterocycles. The number of nitrogens with two attached hydrogens (primary N) is 1. The molecule has 0 aliphatic rings. The fourth-order valence-electron chi connectivity index (χ4n) is 1.69. The van der Waals surface area contributed by atoms with Gasteiger partial charge in [-0.05, 0) is 23.8 Å². The first-order valence-corrected chi connectivity index (χ1v) is 7.04. The maximum Gasteiger partial charge on any atom is 0.338 e. The van der Waals surface area contributed by atoms with Crippen LogP contribution < -0.4 is 5.73 Å². The van der Waals surface area contributed by atoms with Crippen LogP contribution in [0.5, 0.6) is 0 Å². The zero-order valence-electron chi connectivity index (χ0n) is 10.9. The van der Waals surface area contributed by atoms with Gasteiger partial charge in [0, 0.05) is 16.2 Å². The fourth-order valence-corrected chi connectivity index (χ4v) is 2.59. The van der Waals surface area contributed by atoms with Gasteiger partial charge in [-0.1, -0.05) is 36.4 Å². The molecule has 1 aromatic heterocycles. The lowest BCUT2D eigenvalue weighted by Crippen LogP contribution is -2.34. The highest BCUT2D eigenvalue weighted by atomic mass is 32.1. The van der Waals surface area contributed by atoms with Crippen molar-refractivity contribution in [1.82, 2.24) is 5.06 Å². The number of hydrogen-bond acceptors (Lipinski definition) is 3. The number of amides is 2. The molecule has 0 unspecified atom stereocenters. The third-order valence-electron chi connectivity index (χ3n) is 2.75. The SMILES string of the molecule is NC(=O)N(O)CCc1ccc(C=Cc2ccccc2)s1. The van der Waals surface area contributed by atoms with Gasteiger partial charge in [0.25, 0.3) is 0 Å². The fraction of sp³-hybridized carbons (Fsp3) is 0.133. The van der Waals surface area contributed by atoms with Crippen LogP contribution in [0.1, 0.15) is 15.3 Å². The highest BCUT2D eigenvalue weighted by Crippen LogP contribution is 2.19. The molecule has 0 atom stereocenters. The number of nitrogens with zero attached hydrogens (tertiary/aromatic N) is 1. The van der Waals surface area contributed by atoms with Crippen LogP contribution in [0.25, 0.3) is 12.2 Å². The number of hydrogen-bond donors (Lipinski definition) is 2. The van der Waals surface area contributed by atoms with Gasteiger partial charge in [-0.15, -0.1) is 11.3 Å². The van der Waals surface area contributed by atoms with Crippen molar-refractivity contribution in [2.24, 2.45) is 5.73 Å². The second kappa shape index (κ2) is 6.88. The molecule has 20 heavy (non-hydrogen) atoms. The Labute approximate surface area is 121 Å². The minimum atomic E-state index is -0.828. The number of benzene rings is 1. The number of rotatable bonds is 5. The summed E-state index contributed by atoms with van der Waals surface area (Å²) in [5.74, 6) is 0. The molecule has 4 nitrogen and oxygen atoms in total. The minimum Gasteiger partial charge on any atom is -0.350 e. The number of urea groups is 1. The topological polar surface area (TPSA) is 66.6 Å². The van der Waals surface area contributed by atoms with E-state index in [9.17, 15) is 10.0 Å². The molecule has 0 saturated carbocycles. The molecule has 2 amide bonds. The molecule has 0 saturated heterocycles. The quantitative estimate of drug-likeness (QED) is 0.655. The Morgan fingerprint density at radius 3 is 2.65 bits per heavy atom. The zero-order chi connectivity index (χ0) is 14.4. The highest BCUT2D eigenvalue weighted by molar-refractivity contribution is 7.12. The van der Waals surface area contributed by atoms with Gasteiger partial charge in [0.15, 0.2) is 0 Å². The summed E-state index contributed by atoms with van der Waals surface area (Å²) in [7, 11) is 0. The van der Waals surface area contributed by atoms with E-state index in [0.717, 1.165) is 15.3 Å². The van der Waals surface area contributed by atoms with E-state index in [1.54, 1.807) is 11.3 Å². The van der Waals surface area contributed by atoms with Crippen molar-refractivity contribution in [3.63, 3.8) is 0 Å². The number of hydroxylamine groups is 2. The van der Waals surface area contributed by atoms with E-state index in [2.05, 4.69) is 6.08 Å². The Morgan fingerprint density at radius 1 is 1.20 bits per heavy atom. The van der Waals surface area contributed by atoms with Crippen molar-refractivity contribution in [2.75, 3.05) is 6.54 Å². The Bertz CT molecular complexity index is 593. The lowest BCUT2D eigenvalue weighted by molar-refractivity contribution is -0.0380. The molecule has 5 heteroatoms. The van der Waals surface area contributed by atoms with Crippen molar-refractivity contribution >= 4 is 29.5 Å². The summed E-state index contributed by atoms with van der Waals surface area (Å²) in [6.07, 6.45) is 4.69. The molecular weight excluding hydrogens is 272 g/mol. The van der Waals surface area contributed by atoms with Crippen LogP contribution in [0.15, 0.2) is 42.5 Å². The van der Waals surface area contributed by atoms with E-state index in [0.29, 0.717) is 11.5 Å². The summed E-state index contributed by atoms with van der Waals surface area (Å²) in [4.78, 5) is 12.9. The van der Waals surface area contributed by atoms with Crippen LogP contribution in [0, 0.1) is 0 Å². The molecule has 0 spiro atoms. The van der Waals surface area contributed by atoms with Gasteiger partial charge in [0.2, 0.25) is 0 Å². The molecule has 0 radical (unpaired) electrons. The number of carbonyl (C=O) groups is 1. The van der Waals surface area contributed by atoms with Gasteiger partial charge in [-0.3, -0.25) is 5.21 Å². The van der Waals surface area contributed by atoms with E-state index in [1.165, 1.54) is 0 Å². The second-order valence-electron chi connectivity index (χ2n) is 4.26. The third kappa shape index (κ3) is 4.22. The first kappa shape index (κ1) is 14.3. The van der Waals surface area contributed by atoms with Crippen LogP contribution in [0.2, 0.25) is 0 Å². The van der Waals surface area contributed by atoms with Crippen molar-refractivity contribution in [3.05, 3.63) is 57.8 Å². The van der Waals surface area contributed by atoms with Gasteiger partial charge in [-0.25, -0.2) is 9.86 Å². The summed E-state index contributed by atoms with van der Waals surface area (Å²) in [5, 5.41) is 9.72. The predicted octanol–water partition coefficient (Wildman–Crippen LogP) is 3.23. The summed E-state index contributed by atoms with van der Waals surface area (Å²) < 4.78 is 0. The number of carbonyl (C=O) groups excluding carboxylic acids is 1. The lowest BCUT2D eigenvalue weighted by atomic mass is 10.2. The zero-order valence-corrected chi connectivity index (χ0v) is 11.7. The maximum atomic E-state index is 10.7. The summed E-state index contributed by atoms with van der Waals surface area (Å²) in [5.41, 5.74) is 6.10. The molecule has 1 aromatic carbocycles. The average Bonchev–Trinajstić information content (AvgIpc) is 2.91. The second-order valence-corrected chi connectivity index (χ2v) is 5.46. The Morgan fingerprint density at radius 2 is 1.95 bits per heavy atom. The Hall–Kier alpha value is -2.11. The van der Waals surface area contributed by atoms with Gasteiger partial charge in [0.05, 0.1) is 6.54 Å². The van der Waals surface area contributed by atoms with Crippen LogP contribution in [-0.4, -0.2) is 22.8 Å². The minimum absolute atomic E-state index is 0.206. The normalized spacial score (nSPS) is 10.8. The van der Waals surface area contributed by atoms with E-state index in [1.807, 2.05) is 48.5 Å². The molecule has 3 N–H and O–H groups in total.